The molecule has 80 valence electrons. The Balaban J connectivity index is 2.41. The number of nitrogen functional groups attached to an aromatic ring is 1. The van der Waals surface area contributed by atoms with Crippen LogP contribution in [0.5, 0.6) is 0 Å². The summed E-state index contributed by atoms with van der Waals surface area (Å²) in [5.74, 6) is 0.702. The third kappa shape index (κ3) is 1.13. The third-order valence-corrected chi connectivity index (χ3v) is 2.35. The van der Waals surface area contributed by atoms with Crippen LogP contribution in [0.15, 0.2) is 33.8 Å². The lowest BCUT2D eigenvalue weighted by Crippen LogP contribution is -2.10. The van der Waals surface area contributed by atoms with E-state index in [1.807, 2.05) is 0 Å². The number of fused-ring (bicyclic) bond motifs is 1. The van der Waals surface area contributed by atoms with Gasteiger partial charge in [0.05, 0.1) is 11.6 Å². The highest BCUT2D eigenvalue weighted by Crippen LogP contribution is 2.25. The van der Waals surface area contributed by atoms with Gasteiger partial charge in [0.15, 0.2) is 0 Å². The van der Waals surface area contributed by atoms with Gasteiger partial charge in [-0.25, -0.2) is 0 Å². The maximum atomic E-state index is 11.7. The molecule has 6 nitrogen and oxygen atoms in total. The van der Waals surface area contributed by atoms with Crippen LogP contribution in [0.4, 0.5) is 5.95 Å². The van der Waals surface area contributed by atoms with Crippen LogP contribution >= 0.6 is 0 Å². The minimum atomic E-state index is -0.282. The number of furan rings is 1. The highest BCUT2D eigenvalue weighted by Gasteiger charge is 2.13. The van der Waals surface area contributed by atoms with Gasteiger partial charge in [0.25, 0.3) is 5.56 Å². The predicted octanol–water partition coefficient (Wildman–Crippen LogP) is 1.09. The van der Waals surface area contributed by atoms with Crippen LogP contribution in [0.3, 0.4) is 0 Å². The van der Waals surface area contributed by atoms with Gasteiger partial charge in [-0.15, -0.1) is 0 Å². The molecule has 0 radical (unpaired) electrons. The molecule has 0 spiro atoms. The number of anilines is 1. The molecule has 0 aliphatic carbocycles. The number of aromatic nitrogens is 3. The molecule has 16 heavy (non-hydrogen) atoms. The summed E-state index contributed by atoms with van der Waals surface area (Å²) in [5.41, 5.74) is 6.29. The molecule has 3 aromatic heterocycles. The van der Waals surface area contributed by atoms with Crippen molar-refractivity contribution in [1.82, 2.24) is 15.0 Å². The molecule has 0 aliphatic heterocycles. The van der Waals surface area contributed by atoms with Crippen LogP contribution < -0.4 is 11.3 Å². The molecule has 6 heteroatoms. The van der Waals surface area contributed by atoms with Crippen LogP contribution in [0.1, 0.15) is 0 Å². The topological polar surface area (TPSA) is 101 Å². The fourth-order valence-corrected chi connectivity index (χ4v) is 1.68. The van der Waals surface area contributed by atoms with Gasteiger partial charge < -0.3 is 15.1 Å². The fourth-order valence-electron chi connectivity index (χ4n) is 1.68. The Hall–Kier alpha value is -2.50. The summed E-state index contributed by atoms with van der Waals surface area (Å²) in [4.78, 5) is 21.1. The van der Waals surface area contributed by atoms with Crippen LogP contribution in [0.2, 0.25) is 0 Å². The lowest BCUT2D eigenvalue weighted by Gasteiger charge is -1.94. The Bertz CT molecular complexity index is 693. The number of aromatic amines is 2. The Morgan fingerprint density at radius 2 is 2.31 bits per heavy atom. The van der Waals surface area contributed by atoms with Crippen molar-refractivity contribution < 1.29 is 4.42 Å². The number of nitrogens with two attached hydrogens (primary N) is 1. The van der Waals surface area contributed by atoms with Gasteiger partial charge in [0.2, 0.25) is 5.95 Å². The molecule has 3 aromatic rings. The highest BCUT2D eigenvalue weighted by molar-refractivity contribution is 5.91. The molecule has 0 aliphatic rings. The van der Waals surface area contributed by atoms with Gasteiger partial charge in [-0.3, -0.25) is 9.78 Å². The fraction of sp³-hybridized carbons (Fsp3) is 0. The van der Waals surface area contributed by atoms with E-state index in [0.717, 1.165) is 0 Å². The van der Waals surface area contributed by atoms with E-state index in [1.54, 1.807) is 24.6 Å². The van der Waals surface area contributed by atoms with Crippen molar-refractivity contribution in [2.24, 2.45) is 0 Å². The number of H-pyrrole nitrogens is 2. The molecule has 4 N–H and O–H groups in total. The third-order valence-electron chi connectivity index (χ3n) is 2.35. The number of hydrogen-bond donors (Lipinski definition) is 3. The summed E-state index contributed by atoms with van der Waals surface area (Å²) in [6.07, 6.45) is 3.22. The minimum absolute atomic E-state index is 0.0883. The van der Waals surface area contributed by atoms with E-state index >= 15 is 0 Å². The molecule has 0 saturated carbocycles. The van der Waals surface area contributed by atoms with Crippen molar-refractivity contribution in [2.75, 3.05) is 5.73 Å². The molecule has 0 atom stereocenters. The first-order chi connectivity index (χ1) is 7.75. The summed E-state index contributed by atoms with van der Waals surface area (Å²) in [6, 6.07) is 3.53. The number of nitrogens with one attached hydrogen (secondary N) is 2. The Labute approximate surface area is 89.1 Å². The molecule has 3 rings (SSSR count). The molecule has 0 fully saturated rings. The second kappa shape index (κ2) is 2.99. The van der Waals surface area contributed by atoms with Gasteiger partial charge in [0, 0.05) is 11.8 Å². The zero-order valence-corrected chi connectivity index (χ0v) is 8.15. The molecular weight excluding hydrogens is 208 g/mol. The number of hydrogen-bond acceptors (Lipinski definition) is 4. The molecule has 0 unspecified atom stereocenters. The van der Waals surface area contributed by atoms with E-state index in [-0.39, 0.29) is 11.5 Å². The first-order valence-corrected chi connectivity index (χ1v) is 4.66. The molecule has 0 bridgehead atoms. The maximum absolute atomic E-state index is 11.7. The summed E-state index contributed by atoms with van der Waals surface area (Å²) >= 11 is 0. The van der Waals surface area contributed by atoms with Gasteiger partial charge >= 0.3 is 0 Å². The number of nitrogens with zero attached hydrogens (tertiary/aromatic N) is 1. The van der Waals surface area contributed by atoms with E-state index in [9.17, 15) is 4.79 Å². The predicted molar refractivity (Wildman–Crippen MR) is 58.8 cm³/mol. The van der Waals surface area contributed by atoms with Crippen LogP contribution in [0, 0.1) is 0 Å². The number of rotatable bonds is 1. The molecular formula is C10H8N4O2. The largest absolute Gasteiger partial charge is 0.464 e. The van der Waals surface area contributed by atoms with Crippen molar-refractivity contribution in [3.8, 4) is 11.3 Å². The van der Waals surface area contributed by atoms with Crippen molar-refractivity contribution in [1.29, 1.82) is 0 Å². The van der Waals surface area contributed by atoms with Crippen molar-refractivity contribution >= 4 is 17.0 Å². The molecule has 0 aromatic carbocycles. The lowest BCUT2D eigenvalue weighted by atomic mass is 10.2. The quantitative estimate of drug-likeness (QED) is 0.566. The standard InChI is InChI=1S/C10H8N4O2/c11-10-13-8-7(9(15)14-10)5(4-12-8)6-2-1-3-16-6/h1-4H,(H4,11,12,13,14,15). The molecule has 0 saturated heterocycles. The van der Waals surface area contributed by atoms with E-state index < -0.39 is 0 Å². The lowest BCUT2D eigenvalue weighted by molar-refractivity contribution is 0.583. The van der Waals surface area contributed by atoms with Crippen LogP contribution in [0.25, 0.3) is 22.4 Å². The maximum Gasteiger partial charge on any atom is 0.262 e. The van der Waals surface area contributed by atoms with Gasteiger partial charge in [-0.1, -0.05) is 0 Å². The summed E-state index contributed by atoms with van der Waals surface area (Å²) in [6.45, 7) is 0. The second-order valence-corrected chi connectivity index (χ2v) is 3.35. The summed E-state index contributed by atoms with van der Waals surface area (Å²) in [5, 5.41) is 0.448. The van der Waals surface area contributed by atoms with Crippen molar-refractivity contribution in [2.45, 2.75) is 0 Å². The zero-order chi connectivity index (χ0) is 11.1. The Morgan fingerprint density at radius 3 is 3.06 bits per heavy atom. The van der Waals surface area contributed by atoms with Gasteiger partial charge in [-0.05, 0) is 12.1 Å². The van der Waals surface area contributed by atoms with Crippen LogP contribution in [-0.4, -0.2) is 15.0 Å². The normalized spacial score (nSPS) is 11.0. The monoisotopic (exact) mass is 216 g/mol. The Kier molecular flexibility index (Phi) is 1.64. The molecule has 3 heterocycles. The van der Waals surface area contributed by atoms with Crippen LogP contribution in [-0.2, 0) is 0 Å². The summed E-state index contributed by atoms with van der Waals surface area (Å²) in [7, 11) is 0. The summed E-state index contributed by atoms with van der Waals surface area (Å²) < 4.78 is 5.24. The molecule has 0 amide bonds. The van der Waals surface area contributed by atoms with Crippen molar-refractivity contribution in [3.63, 3.8) is 0 Å². The first-order valence-electron chi connectivity index (χ1n) is 4.66. The first kappa shape index (κ1) is 8.78. The van der Waals surface area contributed by atoms with E-state index in [0.29, 0.717) is 22.4 Å². The van der Waals surface area contributed by atoms with Crippen molar-refractivity contribution in [3.05, 3.63) is 34.9 Å². The Morgan fingerprint density at radius 1 is 1.44 bits per heavy atom. The van der Waals surface area contributed by atoms with E-state index in [4.69, 9.17) is 10.2 Å². The SMILES string of the molecule is Nc1nc2[nH]cc(-c3ccco3)c2c(=O)[nH]1. The minimum Gasteiger partial charge on any atom is -0.464 e. The van der Waals surface area contributed by atoms with Gasteiger partial charge in [0.1, 0.15) is 11.4 Å². The second-order valence-electron chi connectivity index (χ2n) is 3.35. The van der Waals surface area contributed by atoms with E-state index in [1.165, 1.54) is 0 Å². The zero-order valence-electron chi connectivity index (χ0n) is 8.15. The smallest absolute Gasteiger partial charge is 0.262 e. The van der Waals surface area contributed by atoms with Gasteiger partial charge in [-0.2, -0.15) is 4.98 Å². The average molecular weight is 216 g/mol. The highest BCUT2D eigenvalue weighted by atomic mass is 16.3. The van der Waals surface area contributed by atoms with E-state index in [2.05, 4.69) is 15.0 Å². The average Bonchev–Trinajstić information content (AvgIpc) is 2.82.